The summed E-state index contributed by atoms with van der Waals surface area (Å²) in [6.07, 6.45) is -3.98. The van der Waals surface area contributed by atoms with Gasteiger partial charge in [-0.2, -0.15) is 0 Å². The van der Waals surface area contributed by atoms with Gasteiger partial charge in [-0.1, -0.05) is 188 Å². The number of ether oxygens (including phenoxy) is 9. The Bertz CT molecular complexity index is 2270. The van der Waals surface area contributed by atoms with E-state index in [0.717, 1.165) is 33.4 Å². The molecule has 0 saturated carbocycles. The minimum atomic E-state index is -0.888. The summed E-state index contributed by atoms with van der Waals surface area (Å²) in [5.74, 6) is -0.476. The molecule has 0 N–H and O–H groups in total. The lowest BCUT2D eigenvalue weighted by molar-refractivity contribution is -0.318. The van der Waals surface area contributed by atoms with E-state index in [2.05, 4.69) is 6.58 Å². The standard InChI is InChI=1S/C57H62O10/c1-3-49(61-37-44-24-12-5-13-25-44)53(62-38-45-26-14-6-15-27-45)51(42-60-36-43-22-10-4-11-23-43)66-52(58)35-34-50-54(63-39-46-28-16-7-17-29-46)55(64-40-47-30-18-8-19-31-47)56(57(59-2)67-50)65-41-48-32-20-9-21-33-48/h3-33,49-51,53-57H,1,34-42H2,2H3/t49-,50-,51-,53+,54-,55+,56+,57+/m1/s1. The van der Waals surface area contributed by atoms with Crippen molar-refractivity contribution < 1.29 is 47.4 Å². The summed E-state index contributed by atoms with van der Waals surface area (Å²) < 4.78 is 58.7. The zero-order valence-electron chi connectivity index (χ0n) is 38.2. The number of carbonyl (C=O) groups is 1. The lowest BCUT2D eigenvalue weighted by Gasteiger charge is -2.45. The second-order valence-corrected chi connectivity index (χ2v) is 16.4. The first-order valence-electron chi connectivity index (χ1n) is 23.0. The Balaban J connectivity index is 1.13. The summed E-state index contributed by atoms with van der Waals surface area (Å²) in [7, 11) is 1.58. The van der Waals surface area contributed by atoms with Crippen molar-refractivity contribution >= 4 is 5.97 Å². The Morgan fingerprint density at radius 3 is 1.39 bits per heavy atom. The van der Waals surface area contributed by atoms with Crippen molar-refractivity contribution in [3.05, 3.63) is 228 Å². The van der Waals surface area contributed by atoms with Crippen molar-refractivity contribution in [1.29, 1.82) is 0 Å². The van der Waals surface area contributed by atoms with Crippen LogP contribution in [0.4, 0.5) is 0 Å². The van der Waals surface area contributed by atoms with Crippen molar-refractivity contribution in [1.82, 2.24) is 0 Å². The van der Waals surface area contributed by atoms with Crippen LogP contribution < -0.4 is 0 Å². The zero-order valence-corrected chi connectivity index (χ0v) is 38.2. The monoisotopic (exact) mass is 906 g/mol. The molecule has 1 fully saturated rings. The molecule has 0 amide bonds. The third-order valence-corrected chi connectivity index (χ3v) is 11.5. The lowest BCUT2D eigenvalue weighted by Crippen LogP contribution is -2.60. The van der Waals surface area contributed by atoms with Gasteiger partial charge in [0.25, 0.3) is 0 Å². The molecule has 0 unspecified atom stereocenters. The van der Waals surface area contributed by atoms with Crippen molar-refractivity contribution in [3.63, 3.8) is 0 Å². The number of benzene rings is 6. The van der Waals surface area contributed by atoms with Gasteiger partial charge in [-0.15, -0.1) is 6.58 Å². The molecule has 10 heteroatoms. The molecule has 1 heterocycles. The number of hydrogen-bond donors (Lipinski definition) is 0. The molecule has 0 aromatic heterocycles. The van der Waals surface area contributed by atoms with Gasteiger partial charge in [0.15, 0.2) is 12.4 Å². The highest BCUT2D eigenvalue weighted by Crippen LogP contribution is 2.33. The van der Waals surface area contributed by atoms with E-state index in [4.69, 9.17) is 42.6 Å². The topological polar surface area (TPSA) is 100 Å². The van der Waals surface area contributed by atoms with E-state index >= 15 is 0 Å². The number of carbonyl (C=O) groups excluding carboxylic acids is 1. The van der Waals surface area contributed by atoms with Crippen molar-refractivity contribution in [2.24, 2.45) is 0 Å². The second-order valence-electron chi connectivity index (χ2n) is 16.4. The van der Waals surface area contributed by atoms with Gasteiger partial charge in [-0.05, 0) is 39.8 Å². The summed E-state index contributed by atoms with van der Waals surface area (Å²) in [6, 6.07) is 59.4. The van der Waals surface area contributed by atoms with Crippen LogP contribution in [0.1, 0.15) is 46.2 Å². The van der Waals surface area contributed by atoms with E-state index in [1.54, 1.807) is 13.2 Å². The molecular formula is C57H62O10. The van der Waals surface area contributed by atoms with Gasteiger partial charge >= 0.3 is 5.97 Å². The maximum absolute atomic E-state index is 14.4. The van der Waals surface area contributed by atoms with Gasteiger partial charge in [0.2, 0.25) is 0 Å². The molecule has 10 nitrogen and oxygen atoms in total. The maximum atomic E-state index is 14.4. The fraction of sp³-hybridized carbons (Fsp3) is 0.316. The molecular weight excluding hydrogens is 845 g/mol. The van der Waals surface area contributed by atoms with Crippen LogP contribution in [0.15, 0.2) is 195 Å². The number of methoxy groups -OCH3 is 1. The Morgan fingerprint density at radius 2 is 0.940 bits per heavy atom. The molecule has 0 spiro atoms. The number of hydrogen-bond acceptors (Lipinski definition) is 10. The van der Waals surface area contributed by atoms with Gasteiger partial charge in [0.1, 0.15) is 30.5 Å². The van der Waals surface area contributed by atoms with Gasteiger partial charge in [-0.3, -0.25) is 4.79 Å². The van der Waals surface area contributed by atoms with Gasteiger partial charge in [0, 0.05) is 13.5 Å². The van der Waals surface area contributed by atoms with Gasteiger partial charge in [0.05, 0.1) is 52.4 Å². The molecule has 1 saturated heterocycles. The highest BCUT2D eigenvalue weighted by Gasteiger charge is 2.49. The van der Waals surface area contributed by atoms with Crippen LogP contribution in [0.3, 0.4) is 0 Å². The third-order valence-electron chi connectivity index (χ3n) is 11.5. The van der Waals surface area contributed by atoms with E-state index in [1.165, 1.54) is 0 Å². The maximum Gasteiger partial charge on any atom is 0.306 e. The first kappa shape index (κ1) is 49.1. The molecule has 350 valence electrons. The van der Waals surface area contributed by atoms with Crippen LogP contribution in [0.5, 0.6) is 0 Å². The van der Waals surface area contributed by atoms with Crippen molar-refractivity contribution in [3.8, 4) is 0 Å². The average Bonchev–Trinajstić information content (AvgIpc) is 3.38. The molecule has 8 atom stereocenters. The molecule has 1 aliphatic heterocycles. The minimum Gasteiger partial charge on any atom is -0.457 e. The van der Waals surface area contributed by atoms with Crippen LogP contribution in [-0.4, -0.2) is 68.7 Å². The normalized spacial score (nSPS) is 19.5. The van der Waals surface area contributed by atoms with Crippen LogP contribution >= 0.6 is 0 Å². The van der Waals surface area contributed by atoms with E-state index < -0.39 is 55.0 Å². The molecule has 67 heavy (non-hydrogen) atoms. The van der Waals surface area contributed by atoms with Crippen LogP contribution in [0.25, 0.3) is 0 Å². The third kappa shape index (κ3) is 15.6. The summed E-state index contributed by atoms with van der Waals surface area (Å²) in [5, 5.41) is 0. The van der Waals surface area contributed by atoms with Crippen molar-refractivity contribution in [2.45, 2.75) is 102 Å². The van der Waals surface area contributed by atoms with E-state index in [1.807, 2.05) is 182 Å². The molecule has 7 rings (SSSR count). The highest BCUT2D eigenvalue weighted by molar-refractivity contribution is 5.69. The van der Waals surface area contributed by atoms with E-state index in [9.17, 15) is 4.79 Å². The fourth-order valence-corrected chi connectivity index (χ4v) is 7.96. The highest BCUT2D eigenvalue weighted by atomic mass is 16.7. The predicted octanol–water partition coefficient (Wildman–Crippen LogP) is 10.4. The molecule has 0 radical (unpaired) electrons. The summed E-state index contributed by atoms with van der Waals surface area (Å²) in [5.41, 5.74) is 5.87. The number of esters is 1. The summed E-state index contributed by atoms with van der Waals surface area (Å²) in [4.78, 5) is 14.4. The Kier molecular flexibility index (Phi) is 19.9. The van der Waals surface area contributed by atoms with Crippen molar-refractivity contribution in [2.75, 3.05) is 13.7 Å². The lowest BCUT2D eigenvalue weighted by atomic mass is 9.94. The summed E-state index contributed by atoms with van der Waals surface area (Å²) in [6.45, 7) is 5.85. The first-order valence-corrected chi connectivity index (χ1v) is 23.0. The average molecular weight is 907 g/mol. The smallest absolute Gasteiger partial charge is 0.306 e. The van der Waals surface area contributed by atoms with E-state index in [0.29, 0.717) is 26.4 Å². The fourth-order valence-electron chi connectivity index (χ4n) is 7.96. The largest absolute Gasteiger partial charge is 0.457 e. The quantitative estimate of drug-likeness (QED) is 0.0367. The van der Waals surface area contributed by atoms with Gasteiger partial charge in [-0.25, -0.2) is 0 Å². The Hall–Kier alpha value is -5.79. The van der Waals surface area contributed by atoms with E-state index in [-0.39, 0.29) is 32.7 Å². The molecule has 6 aromatic carbocycles. The minimum absolute atomic E-state index is 0.0303. The van der Waals surface area contributed by atoms with Crippen LogP contribution in [0, 0.1) is 0 Å². The molecule has 0 aliphatic carbocycles. The Morgan fingerprint density at radius 1 is 0.537 bits per heavy atom. The SMILES string of the molecule is C=C[C@@H](OCc1ccccc1)[C@H](OCc1ccccc1)[C@@H](COCc1ccccc1)OC(=O)CC[C@H]1O[C@H](OC)[C@@H](OCc2ccccc2)[C@@H](OCc2ccccc2)[C@@H]1OCc1ccccc1. The van der Waals surface area contributed by atoms with Gasteiger partial charge < -0.3 is 42.6 Å². The van der Waals surface area contributed by atoms with Crippen LogP contribution in [-0.2, 0) is 87.1 Å². The number of rotatable bonds is 27. The molecule has 1 aliphatic rings. The Labute approximate surface area is 395 Å². The predicted molar refractivity (Wildman–Crippen MR) is 256 cm³/mol. The zero-order chi connectivity index (χ0) is 46.3. The summed E-state index contributed by atoms with van der Waals surface area (Å²) >= 11 is 0. The second kappa shape index (κ2) is 27.1. The first-order chi connectivity index (χ1) is 33.1. The molecule has 6 aromatic rings. The molecule has 0 bridgehead atoms. The van der Waals surface area contributed by atoms with Crippen LogP contribution in [0.2, 0.25) is 0 Å².